The number of nitrogens with zero attached hydrogens (tertiary/aromatic N) is 1. The number of rotatable bonds is 4. The second-order valence-corrected chi connectivity index (χ2v) is 6.63. The van der Waals surface area contributed by atoms with Gasteiger partial charge in [-0.3, -0.25) is 4.90 Å². The lowest BCUT2D eigenvalue weighted by Crippen LogP contribution is -2.63. The van der Waals surface area contributed by atoms with Crippen LogP contribution in [0.25, 0.3) is 0 Å². The summed E-state index contributed by atoms with van der Waals surface area (Å²) in [4.78, 5) is 2.68. The molecule has 1 aliphatic carbocycles. The molecule has 0 spiro atoms. The van der Waals surface area contributed by atoms with E-state index in [1.807, 2.05) is 0 Å². The van der Waals surface area contributed by atoms with Gasteiger partial charge in [0.15, 0.2) is 0 Å². The molecule has 1 aliphatic heterocycles. The highest BCUT2D eigenvalue weighted by atomic mass is 16.5. The summed E-state index contributed by atoms with van der Waals surface area (Å²) in [6.45, 7) is 10.8. The molecule has 0 bridgehead atoms. The molecular formula is C16H32N2O. The van der Waals surface area contributed by atoms with Crippen molar-refractivity contribution in [2.45, 2.75) is 64.5 Å². The second kappa shape index (κ2) is 6.55. The second-order valence-electron chi connectivity index (χ2n) is 6.63. The van der Waals surface area contributed by atoms with E-state index in [1.165, 1.54) is 38.6 Å². The van der Waals surface area contributed by atoms with Crippen LogP contribution in [-0.4, -0.2) is 42.8 Å². The van der Waals surface area contributed by atoms with E-state index in [4.69, 9.17) is 10.5 Å². The summed E-state index contributed by atoms with van der Waals surface area (Å²) in [5, 5.41) is 0. The summed E-state index contributed by atoms with van der Waals surface area (Å²) in [6, 6.07) is 0. The molecule has 1 heterocycles. The summed E-state index contributed by atoms with van der Waals surface area (Å²) in [6.07, 6.45) is 6.87. The number of piperidine rings is 1. The standard InChI is InChI=1S/C16H32N2O/c1-4-19-15-8-6-10-18(11-15)16(12-17)9-5-7-13(2)14(16)3/h13-15H,4-12,17H2,1-3H3. The van der Waals surface area contributed by atoms with Gasteiger partial charge in [0.05, 0.1) is 6.10 Å². The molecular weight excluding hydrogens is 236 g/mol. The number of ether oxygens (including phenoxy) is 1. The Balaban J connectivity index is 2.11. The molecule has 4 unspecified atom stereocenters. The van der Waals surface area contributed by atoms with Gasteiger partial charge in [-0.05, 0) is 44.6 Å². The first-order valence-corrected chi connectivity index (χ1v) is 8.20. The molecule has 3 nitrogen and oxygen atoms in total. The van der Waals surface area contributed by atoms with E-state index in [-0.39, 0.29) is 5.54 Å². The van der Waals surface area contributed by atoms with Crippen molar-refractivity contribution in [3.63, 3.8) is 0 Å². The molecule has 3 heteroatoms. The number of hydrogen-bond donors (Lipinski definition) is 1. The minimum atomic E-state index is 0.230. The number of likely N-dealkylation sites (tertiary alicyclic amines) is 1. The van der Waals surface area contributed by atoms with Crippen LogP contribution in [0.2, 0.25) is 0 Å². The number of hydrogen-bond acceptors (Lipinski definition) is 3. The molecule has 2 aliphatic rings. The molecule has 0 radical (unpaired) electrons. The van der Waals surface area contributed by atoms with Crippen LogP contribution < -0.4 is 5.73 Å². The van der Waals surface area contributed by atoms with Gasteiger partial charge in [-0.2, -0.15) is 0 Å². The molecule has 2 N–H and O–H groups in total. The lowest BCUT2D eigenvalue weighted by molar-refractivity contribution is -0.0713. The molecule has 19 heavy (non-hydrogen) atoms. The zero-order chi connectivity index (χ0) is 13.9. The molecule has 0 amide bonds. The molecule has 0 aromatic heterocycles. The van der Waals surface area contributed by atoms with Crippen LogP contribution in [0.5, 0.6) is 0 Å². The van der Waals surface area contributed by atoms with Crippen LogP contribution in [0, 0.1) is 11.8 Å². The maximum Gasteiger partial charge on any atom is 0.0702 e. The topological polar surface area (TPSA) is 38.5 Å². The SMILES string of the molecule is CCOC1CCCN(C2(CN)CCCC(C)C2C)C1. The van der Waals surface area contributed by atoms with Gasteiger partial charge in [0.2, 0.25) is 0 Å². The van der Waals surface area contributed by atoms with E-state index in [0.29, 0.717) is 12.0 Å². The van der Waals surface area contributed by atoms with Crippen molar-refractivity contribution in [3.05, 3.63) is 0 Å². The Morgan fingerprint density at radius 1 is 1.26 bits per heavy atom. The number of nitrogens with two attached hydrogens (primary N) is 1. The predicted octanol–water partition coefficient (Wildman–Crippen LogP) is 2.64. The average molecular weight is 268 g/mol. The van der Waals surface area contributed by atoms with Gasteiger partial charge in [0, 0.05) is 25.2 Å². The van der Waals surface area contributed by atoms with Gasteiger partial charge >= 0.3 is 0 Å². The summed E-state index contributed by atoms with van der Waals surface area (Å²) in [5.74, 6) is 1.50. The van der Waals surface area contributed by atoms with Crippen LogP contribution in [-0.2, 0) is 4.74 Å². The van der Waals surface area contributed by atoms with Crippen molar-refractivity contribution in [3.8, 4) is 0 Å². The first kappa shape index (κ1) is 15.3. The highest BCUT2D eigenvalue weighted by Gasteiger charge is 2.46. The highest BCUT2D eigenvalue weighted by molar-refractivity contribution is 5.01. The fraction of sp³-hybridized carbons (Fsp3) is 1.00. The summed E-state index contributed by atoms with van der Waals surface area (Å²) >= 11 is 0. The van der Waals surface area contributed by atoms with Crippen molar-refractivity contribution in [1.29, 1.82) is 0 Å². The van der Waals surface area contributed by atoms with Gasteiger partial charge in [-0.25, -0.2) is 0 Å². The molecule has 4 atom stereocenters. The molecule has 112 valence electrons. The van der Waals surface area contributed by atoms with Crippen molar-refractivity contribution >= 4 is 0 Å². The molecule has 1 saturated carbocycles. The lowest BCUT2D eigenvalue weighted by atomic mass is 9.67. The fourth-order valence-electron chi connectivity index (χ4n) is 4.31. The first-order valence-electron chi connectivity index (χ1n) is 8.20. The van der Waals surface area contributed by atoms with Crippen LogP contribution >= 0.6 is 0 Å². The third kappa shape index (κ3) is 2.98. The van der Waals surface area contributed by atoms with Crippen molar-refractivity contribution in [2.75, 3.05) is 26.2 Å². The van der Waals surface area contributed by atoms with Gasteiger partial charge in [0.25, 0.3) is 0 Å². The van der Waals surface area contributed by atoms with Gasteiger partial charge in [0.1, 0.15) is 0 Å². The maximum atomic E-state index is 6.26. The molecule has 2 rings (SSSR count). The Hall–Kier alpha value is -0.120. The van der Waals surface area contributed by atoms with Crippen LogP contribution in [0.3, 0.4) is 0 Å². The molecule has 0 aromatic rings. The largest absolute Gasteiger partial charge is 0.377 e. The lowest BCUT2D eigenvalue weighted by Gasteiger charge is -2.54. The van der Waals surface area contributed by atoms with E-state index >= 15 is 0 Å². The van der Waals surface area contributed by atoms with E-state index < -0.39 is 0 Å². The quantitative estimate of drug-likeness (QED) is 0.852. The molecule has 0 aromatic carbocycles. The van der Waals surface area contributed by atoms with Gasteiger partial charge < -0.3 is 10.5 Å². The smallest absolute Gasteiger partial charge is 0.0702 e. The first-order chi connectivity index (χ1) is 9.14. The summed E-state index contributed by atoms with van der Waals surface area (Å²) < 4.78 is 5.87. The van der Waals surface area contributed by atoms with E-state index in [1.54, 1.807) is 0 Å². The molecule has 1 saturated heterocycles. The van der Waals surface area contributed by atoms with E-state index in [2.05, 4.69) is 25.7 Å². The minimum absolute atomic E-state index is 0.230. The predicted molar refractivity (Wildman–Crippen MR) is 80.2 cm³/mol. The Labute approximate surface area is 118 Å². The van der Waals surface area contributed by atoms with Gasteiger partial charge in [-0.1, -0.05) is 26.7 Å². The van der Waals surface area contributed by atoms with E-state index in [9.17, 15) is 0 Å². The molecule has 2 fully saturated rings. The zero-order valence-corrected chi connectivity index (χ0v) is 13.0. The Morgan fingerprint density at radius 2 is 2.05 bits per heavy atom. The average Bonchev–Trinajstić information content (AvgIpc) is 2.43. The Morgan fingerprint density at radius 3 is 2.74 bits per heavy atom. The fourth-order valence-corrected chi connectivity index (χ4v) is 4.31. The summed E-state index contributed by atoms with van der Waals surface area (Å²) in [7, 11) is 0. The van der Waals surface area contributed by atoms with E-state index in [0.717, 1.165) is 25.6 Å². The third-order valence-corrected chi connectivity index (χ3v) is 5.73. The van der Waals surface area contributed by atoms with Crippen molar-refractivity contribution in [2.24, 2.45) is 17.6 Å². The minimum Gasteiger partial charge on any atom is -0.377 e. The van der Waals surface area contributed by atoms with Crippen molar-refractivity contribution < 1.29 is 4.74 Å². The van der Waals surface area contributed by atoms with Gasteiger partial charge in [-0.15, -0.1) is 0 Å². The van der Waals surface area contributed by atoms with Crippen molar-refractivity contribution in [1.82, 2.24) is 4.90 Å². The monoisotopic (exact) mass is 268 g/mol. The summed E-state index contributed by atoms with van der Waals surface area (Å²) in [5.41, 5.74) is 6.49. The third-order valence-electron chi connectivity index (χ3n) is 5.73. The van der Waals surface area contributed by atoms with Crippen LogP contribution in [0.4, 0.5) is 0 Å². The Kier molecular flexibility index (Phi) is 5.27. The zero-order valence-electron chi connectivity index (χ0n) is 13.0. The van der Waals surface area contributed by atoms with Crippen LogP contribution in [0.15, 0.2) is 0 Å². The maximum absolute atomic E-state index is 6.26. The normalized spacial score (nSPS) is 41.4. The highest BCUT2D eigenvalue weighted by Crippen LogP contribution is 2.42. The van der Waals surface area contributed by atoms with Crippen LogP contribution in [0.1, 0.15) is 52.9 Å². The Bertz CT molecular complexity index is 282.